The van der Waals surface area contributed by atoms with Gasteiger partial charge in [-0.25, -0.2) is 9.40 Å². The van der Waals surface area contributed by atoms with E-state index in [0.717, 1.165) is 41.8 Å². The fourth-order valence-corrected chi connectivity index (χ4v) is 4.94. The third-order valence-corrected chi connectivity index (χ3v) is 6.61. The molecule has 2 aromatic rings. The Bertz CT molecular complexity index is 1100. The minimum atomic E-state index is -0.505. The second-order valence-electron chi connectivity index (χ2n) is 9.17. The smallest absolute Gasteiger partial charge is 0.310 e. The Morgan fingerprint density at radius 3 is 2.71 bits per heavy atom. The van der Waals surface area contributed by atoms with Crippen molar-refractivity contribution in [1.82, 2.24) is 9.91 Å². The van der Waals surface area contributed by atoms with Crippen LogP contribution in [0.3, 0.4) is 0 Å². The molecule has 2 unspecified atom stereocenters. The molecule has 1 amide bonds. The summed E-state index contributed by atoms with van der Waals surface area (Å²) in [6, 6.07) is 12.2. The van der Waals surface area contributed by atoms with Crippen LogP contribution in [0.5, 0.6) is 0 Å². The monoisotopic (exact) mass is 465 g/mol. The molecule has 2 aromatic carbocycles. The number of halogens is 1. The summed E-state index contributed by atoms with van der Waals surface area (Å²) in [6.45, 7) is 7.55. The second kappa shape index (κ2) is 10.5. The number of likely N-dealkylation sites (tertiary alicyclic amines) is 1. The Morgan fingerprint density at radius 2 is 1.97 bits per heavy atom. The van der Waals surface area contributed by atoms with Crippen LogP contribution in [0.25, 0.3) is 0 Å². The molecule has 0 aromatic heterocycles. The number of aryl methyl sites for hydroxylation is 2. The zero-order valence-electron chi connectivity index (χ0n) is 20.1. The largest absolute Gasteiger partial charge is 0.466 e. The first kappa shape index (κ1) is 24.1. The number of hydrogen-bond donors (Lipinski definition) is 0. The van der Waals surface area contributed by atoms with Crippen LogP contribution in [0.1, 0.15) is 54.5 Å². The Morgan fingerprint density at radius 1 is 1.18 bits per heavy atom. The van der Waals surface area contributed by atoms with E-state index in [1.807, 2.05) is 30.9 Å². The fraction of sp³-hybridized carbons (Fsp3) is 0.444. The number of amides is 1. The summed E-state index contributed by atoms with van der Waals surface area (Å²) in [7, 11) is 0. The van der Waals surface area contributed by atoms with Gasteiger partial charge in [-0.2, -0.15) is 5.10 Å². The van der Waals surface area contributed by atoms with Crippen LogP contribution < -0.4 is 0 Å². The molecule has 7 heteroatoms. The number of piperidine rings is 1. The van der Waals surface area contributed by atoms with Crippen LogP contribution in [0, 0.1) is 25.6 Å². The number of hydrogen-bond acceptors (Lipinski definition) is 5. The van der Waals surface area contributed by atoms with Crippen LogP contribution in [-0.2, 0) is 14.3 Å². The van der Waals surface area contributed by atoms with Crippen LogP contribution in [0.4, 0.5) is 4.39 Å². The summed E-state index contributed by atoms with van der Waals surface area (Å²) in [5.74, 6) is -0.975. The fourth-order valence-electron chi connectivity index (χ4n) is 4.94. The van der Waals surface area contributed by atoms with E-state index < -0.39 is 6.04 Å². The van der Waals surface area contributed by atoms with Crippen molar-refractivity contribution in [3.8, 4) is 0 Å². The number of nitrogens with zero attached hydrogens (tertiary/aromatic N) is 3. The van der Waals surface area contributed by atoms with Gasteiger partial charge in [-0.05, 0) is 51.8 Å². The predicted molar refractivity (Wildman–Crippen MR) is 129 cm³/mol. The molecule has 0 saturated carbocycles. The molecule has 6 nitrogen and oxygen atoms in total. The van der Waals surface area contributed by atoms with Gasteiger partial charge in [-0.3, -0.25) is 14.5 Å². The predicted octanol–water partition coefficient (Wildman–Crippen LogP) is 4.40. The van der Waals surface area contributed by atoms with Gasteiger partial charge in [-0.1, -0.05) is 42.0 Å². The van der Waals surface area contributed by atoms with E-state index in [1.165, 1.54) is 11.1 Å². The average Bonchev–Trinajstić information content (AvgIpc) is 3.25. The Hall–Kier alpha value is -3.06. The lowest BCUT2D eigenvalue weighted by molar-refractivity contribution is -0.150. The van der Waals surface area contributed by atoms with E-state index >= 15 is 0 Å². The van der Waals surface area contributed by atoms with Gasteiger partial charge in [-0.15, -0.1) is 0 Å². The highest BCUT2D eigenvalue weighted by atomic mass is 19.1. The molecule has 0 spiro atoms. The molecule has 0 radical (unpaired) electrons. The number of ether oxygens (including phenoxy) is 1. The van der Waals surface area contributed by atoms with Gasteiger partial charge < -0.3 is 4.74 Å². The number of esters is 1. The minimum Gasteiger partial charge on any atom is -0.466 e. The number of hydrazone groups is 1. The first-order valence-electron chi connectivity index (χ1n) is 12.0. The quantitative estimate of drug-likeness (QED) is 0.594. The molecular formula is C27H32FN3O3. The summed E-state index contributed by atoms with van der Waals surface area (Å²) >= 11 is 0. The topological polar surface area (TPSA) is 62.2 Å². The molecule has 0 aliphatic carbocycles. The highest BCUT2D eigenvalue weighted by Gasteiger charge is 2.36. The summed E-state index contributed by atoms with van der Waals surface area (Å²) in [5.41, 5.74) is 4.44. The Kier molecular flexibility index (Phi) is 7.41. The molecular weight excluding hydrogens is 433 g/mol. The molecule has 1 fully saturated rings. The van der Waals surface area contributed by atoms with Gasteiger partial charge in [0.25, 0.3) is 5.91 Å². The molecule has 2 aliphatic heterocycles. The van der Waals surface area contributed by atoms with E-state index in [1.54, 1.807) is 25.1 Å². The number of carbonyl (C=O) groups is 2. The lowest BCUT2D eigenvalue weighted by Gasteiger charge is -2.32. The van der Waals surface area contributed by atoms with Gasteiger partial charge in [0.15, 0.2) is 0 Å². The van der Waals surface area contributed by atoms with Crippen LogP contribution in [0.2, 0.25) is 0 Å². The maximum Gasteiger partial charge on any atom is 0.310 e. The van der Waals surface area contributed by atoms with Gasteiger partial charge in [0.2, 0.25) is 0 Å². The SMILES string of the molecule is CCOC(=O)C1CCCN(CC(=O)N2N=C(c3ccc(C)cc3C)CC2c2ccccc2F)C1. The second-order valence-corrected chi connectivity index (χ2v) is 9.17. The standard InChI is InChI=1S/C27H32FN3O3/c1-4-34-27(33)20-8-7-13-30(16-20)17-26(32)31-25(22-9-5-6-10-23(22)28)15-24(29-31)21-12-11-18(2)14-19(21)3/h5-6,9-12,14,20,25H,4,7-8,13,15-17H2,1-3H3. The Labute approximate surface area is 200 Å². The third kappa shape index (κ3) is 5.20. The Balaban J connectivity index is 1.58. The summed E-state index contributed by atoms with van der Waals surface area (Å²) in [5, 5.41) is 6.16. The van der Waals surface area contributed by atoms with E-state index in [4.69, 9.17) is 9.84 Å². The average molecular weight is 466 g/mol. The van der Waals surface area contributed by atoms with Crippen LogP contribution in [-0.4, -0.2) is 53.7 Å². The number of benzene rings is 2. The summed E-state index contributed by atoms with van der Waals surface area (Å²) < 4.78 is 19.9. The van der Waals surface area contributed by atoms with E-state index in [-0.39, 0.29) is 30.2 Å². The molecule has 180 valence electrons. The maximum absolute atomic E-state index is 14.8. The molecule has 4 rings (SSSR count). The number of rotatable bonds is 6. The van der Waals surface area contributed by atoms with Crippen molar-refractivity contribution in [2.24, 2.45) is 11.0 Å². The molecule has 2 heterocycles. The van der Waals surface area contributed by atoms with E-state index in [9.17, 15) is 14.0 Å². The van der Waals surface area contributed by atoms with Crippen molar-refractivity contribution in [3.63, 3.8) is 0 Å². The summed E-state index contributed by atoms with van der Waals surface area (Å²) in [4.78, 5) is 27.7. The van der Waals surface area contributed by atoms with Crippen molar-refractivity contribution in [3.05, 3.63) is 70.5 Å². The lowest BCUT2D eigenvalue weighted by Crippen LogP contribution is -2.45. The summed E-state index contributed by atoms with van der Waals surface area (Å²) in [6.07, 6.45) is 2.03. The van der Waals surface area contributed by atoms with Crippen LogP contribution in [0.15, 0.2) is 47.6 Å². The lowest BCUT2D eigenvalue weighted by atomic mass is 9.95. The number of carbonyl (C=O) groups excluding carboxylic acids is 2. The highest BCUT2D eigenvalue weighted by Crippen LogP contribution is 2.35. The molecule has 0 bridgehead atoms. The third-order valence-electron chi connectivity index (χ3n) is 6.61. The van der Waals surface area contributed by atoms with Crippen molar-refractivity contribution in [2.75, 3.05) is 26.2 Å². The zero-order chi connectivity index (χ0) is 24.2. The van der Waals surface area contributed by atoms with Gasteiger partial charge in [0.05, 0.1) is 30.8 Å². The van der Waals surface area contributed by atoms with Gasteiger partial charge in [0, 0.05) is 24.1 Å². The zero-order valence-corrected chi connectivity index (χ0v) is 20.1. The molecule has 34 heavy (non-hydrogen) atoms. The highest BCUT2D eigenvalue weighted by molar-refractivity contribution is 6.04. The van der Waals surface area contributed by atoms with Gasteiger partial charge in [0.1, 0.15) is 5.82 Å². The molecule has 0 N–H and O–H groups in total. The first-order chi connectivity index (χ1) is 16.4. The minimum absolute atomic E-state index is 0.129. The van der Waals surface area contributed by atoms with Crippen LogP contribution >= 0.6 is 0 Å². The van der Waals surface area contributed by atoms with Crippen molar-refractivity contribution in [1.29, 1.82) is 0 Å². The van der Waals surface area contributed by atoms with Crippen molar-refractivity contribution < 1.29 is 18.7 Å². The van der Waals surface area contributed by atoms with Gasteiger partial charge >= 0.3 is 5.97 Å². The molecule has 2 atom stereocenters. The molecule has 2 aliphatic rings. The van der Waals surface area contributed by atoms with Crippen molar-refractivity contribution >= 4 is 17.6 Å². The first-order valence-corrected chi connectivity index (χ1v) is 12.0. The van der Waals surface area contributed by atoms with E-state index in [2.05, 4.69) is 6.07 Å². The van der Waals surface area contributed by atoms with E-state index in [0.29, 0.717) is 25.1 Å². The normalized spacial score (nSPS) is 20.8. The van der Waals surface area contributed by atoms with Crippen molar-refractivity contribution in [2.45, 2.75) is 46.1 Å². The molecule has 1 saturated heterocycles. The maximum atomic E-state index is 14.8.